The van der Waals surface area contributed by atoms with Gasteiger partial charge in [0.15, 0.2) is 6.61 Å². The van der Waals surface area contributed by atoms with E-state index in [0.717, 1.165) is 9.94 Å². The van der Waals surface area contributed by atoms with Crippen LogP contribution < -0.4 is 20.7 Å². The topological polar surface area (TPSA) is 70.8 Å². The normalized spacial score (nSPS) is 10.2. The van der Waals surface area contributed by atoms with E-state index < -0.39 is 5.97 Å². The van der Waals surface area contributed by atoms with Crippen LogP contribution in [0.5, 0.6) is 17.2 Å². The van der Waals surface area contributed by atoms with Gasteiger partial charge in [-0.3, -0.25) is 0 Å². The van der Waals surface area contributed by atoms with Crippen LogP contribution in [0, 0.1) is 0 Å². The molecule has 0 radical (unpaired) electrons. The zero-order valence-corrected chi connectivity index (χ0v) is 14.6. The fraction of sp³-hybridized carbons (Fsp3) is 0.188. The Morgan fingerprint density at radius 3 is 2.52 bits per heavy atom. The number of benzene rings is 2. The van der Waals surface area contributed by atoms with Crippen LogP contribution in [0.4, 0.5) is 5.69 Å². The van der Waals surface area contributed by atoms with Crippen molar-refractivity contribution in [2.75, 3.05) is 18.9 Å². The standard InChI is InChI=1S/C16H17BBrNO4/c1-2-21-15(20)9-22-12-7-13(17)16(14(18)8-12)23-11-5-3-10(19)4-6-11/h3-8H,2,9,17,19H2,1H3. The fourth-order valence-corrected chi connectivity index (χ4v) is 2.53. The lowest BCUT2D eigenvalue weighted by molar-refractivity contribution is -0.145. The number of halogens is 1. The highest BCUT2D eigenvalue weighted by atomic mass is 79.9. The van der Waals surface area contributed by atoms with Gasteiger partial charge in [-0.05, 0) is 64.7 Å². The molecule has 23 heavy (non-hydrogen) atoms. The maximum absolute atomic E-state index is 11.3. The third-order valence-corrected chi connectivity index (χ3v) is 3.55. The summed E-state index contributed by atoms with van der Waals surface area (Å²) in [6, 6.07) is 10.7. The molecular weight excluding hydrogens is 361 g/mol. The van der Waals surface area contributed by atoms with Gasteiger partial charge in [0.1, 0.15) is 25.1 Å². The molecule has 2 rings (SSSR count). The average Bonchev–Trinajstić information content (AvgIpc) is 2.51. The summed E-state index contributed by atoms with van der Waals surface area (Å²) in [7, 11) is 1.90. The summed E-state index contributed by atoms with van der Waals surface area (Å²) in [6.07, 6.45) is 0. The summed E-state index contributed by atoms with van der Waals surface area (Å²) in [5.41, 5.74) is 7.21. The van der Waals surface area contributed by atoms with Crippen molar-refractivity contribution in [1.29, 1.82) is 0 Å². The highest BCUT2D eigenvalue weighted by Gasteiger charge is 2.11. The maximum Gasteiger partial charge on any atom is 0.344 e. The lowest BCUT2D eigenvalue weighted by atomic mass is 9.95. The van der Waals surface area contributed by atoms with E-state index in [9.17, 15) is 4.79 Å². The van der Waals surface area contributed by atoms with Gasteiger partial charge in [-0.2, -0.15) is 0 Å². The SMILES string of the molecule is Bc1cc(OCC(=O)OCC)cc(Br)c1Oc1ccc(N)cc1. The van der Waals surface area contributed by atoms with E-state index in [2.05, 4.69) is 15.9 Å². The van der Waals surface area contributed by atoms with Gasteiger partial charge >= 0.3 is 5.97 Å². The van der Waals surface area contributed by atoms with Crippen molar-refractivity contribution in [2.24, 2.45) is 0 Å². The molecular formula is C16H17BBrNO4. The molecule has 5 nitrogen and oxygen atoms in total. The zero-order chi connectivity index (χ0) is 16.8. The van der Waals surface area contributed by atoms with Gasteiger partial charge in [0.25, 0.3) is 0 Å². The number of carbonyl (C=O) groups excluding carboxylic acids is 1. The number of nitrogen functional groups attached to an aromatic ring is 1. The van der Waals surface area contributed by atoms with Crippen molar-refractivity contribution >= 4 is 40.9 Å². The molecule has 120 valence electrons. The molecule has 0 aliphatic heterocycles. The Bertz CT molecular complexity index is 668. The van der Waals surface area contributed by atoms with E-state index in [4.69, 9.17) is 19.9 Å². The van der Waals surface area contributed by atoms with Gasteiger partial charge in [0, 0.05) is 5.69 Å². The van der Waals surface area contributed by atoms with Gasteiger partial charge < -0.3 is 19.9 Å². The maximum atomic E-state index is 11.3. The number of ether oxygens (including phenoxy) is 3. The minimum absolute atomic E-state index is 0.127. The second-order valence-electron chi connectivity index (χ2n) is 4.82. The number of hydrogen-bond donors (Lipinski definition) is 1. The second-order valence-corrected chi connectivity index (χ2v) is 5.67. The monoisotopic (exact) mass is 377 g/mol. The van der Waals surface area contributed by atoms with Crippen molar-refractivity contribution < 1.29 is 19.0 Å². The largest absolute Gasteiger partial charge is 0.482 e. The minimum atomic E-state index is -0.400. The van der Waals surface area contributed by atoms with Crippen molar-refractivity contribution in [3.05, 3.63) is 40.9 Å². The molecule has 0 amide bonds. The summed E-state index contributed by atoms with van der Waals surface area (Å²) in [5.74, 6) is 1.53. The summed E-state index contributed by atoms with van der Waals surface area (Å²) in [4.78, 5) is 11.3. The molecule has 0 aliphatic carbocycles. The Labute approximate surface area is 144 Å². The van der Waals surface area contributed by atoms with Crippen LogP contribution >= 0.6 is 15.9 Å². The van der Waals surface area contributed by atoms with Crippen molar-refractivity contribution in [3.63, 3.8) is 0 Å². The van der Waals surface area contributed by atoms with Crippen LogP contribution in [-0.2, 0) is 9.53 Å². The minimum Gasteiger partial charge on any atom is -0.482 e. The molecule has 2 N–H and O–H groups in total. The molecule has 0 heterocycles. The first-order chi connectivity index (χ1) is 11.0. The third kappa shape index (κ3) is 4.92. The molecule has 2 aromatic carbocycles. The quantitative estimate of drug-likeness (QED) is 0.473. The highest BCUT2D eigenvalue weighted by molar-refractivity contribution is 9.10. The van der Waals surface area contributed by atoms with Gasteiger partial charge in [0.05, 0.1) is 11.1 Å². The summed E-state index contributed by atoms with van der Waals surface area (Å²) < 4.78 is 16.8. The molecule has 0 fully saturated rings. The first kappa shape index (κ1) is 17.2. The molecule has 0 spiro atoms. The van der Waals surface area contributed by atoms with E-state index in [1.807, 2.05) is 7.85 Å². The van der Waals surface area contributed by atoms with Crippen molar-refractivity contribution in [3.8, 4) is 17.2 Å². The van der Waals surface area contributed by atoms with Gasteiger partial charge in [-0.15, -0.1) is 0 Å². The van der Waals surface area contributed by atoms with Crippen LogP contribution in [0.3, 0.4) is 0 Å². The summed E-state index contributed by atoms with van der Waals surface area (Å²) >= 11 is 3.46. The first-order valence-electron chi connectivity index (χ1n) is 7.11. The summed E-state index contributed by atoms with van der Waals surface area (Å²) in [5, 5.41) is 0. The van der Waals surface area contributed by atoms with E-state index in [1.165, 1.54) is 0 Å². The Hall–Kier alpha value is -2.15. The van der Waals surface area contributed by atoms with E-state index in [-0.39, 0.29) is 6.61 Å². The lowest BCUT2D eigenvalue weighted by Crippen LogP contribution is -2.16. The summed E-state index contributed by atoms with van der Waals surface area (Å²) in [6.45, 7) is 1.96. The molecule has 0 bridgehead atoms. The van der Waals surface area contributed by atoms with Gasteiger partial charge in [0.2, 0.25) is 0 Å². The average molecular weight is 378 g/mol. The fourth-order valence-electron chi connectivity index (χ4n) is 1.91. The Morgan fingerprint density at radius 1 is 1.22 bits per heavy atom. The molecule has 0 atom stereocenters. The van der Waals surface area contributed by atoms with Gasteiger partial charge in [-0.25, -0.2) is 4.79 Å². The molecule has 0 saturated carbocycles. The van der Waals surface area contributed by atoms with Crippen molar-refractivity contribution in [1.82, 2.24) is 0 Å². The third-order valence-electron chi connectivity index (χ3n) is 2.96. The molecule has 2 aromatic rings. The Kier molecular flexibility index (Phi) is 5.93. The first-order valence-corrected chi connectivity index (χ1v) is 7.91. The smallest absolute Gasteiger partial charge is 0.344 e. The lowest BCUT2D eigenvalue weighted by Gasteiger charge is -2.14. The van der Waals surface area contributed by atoms with Crippen LogP contribution in [0.1, 0.15) is 6.92 Å². The predicted octanol–water partition coefficient (Wildman–Crippen LogP) is 2.02. The molecule has 0 saturated heterocycles. The van der Waals surface area contributed by atoms with E-state index in [1.54, 1.807) is 43.3 Å². The van der Waals surface area contributed by atoms with Gasteiger partial charge in [-0.1, -0.05) is 0 Å². The Morgan fingerprint density at radius 2 is 1.91 bits per heavy atom. The van der Waals surface area contributed by atoms with E-state index in [0.29, 0.717) is 29.5 Å². The number of carbonyl (C=O) groups is 1. The number of anilines is 1. The second kappa shape index (κ2) is 7.92. The number of nitrogens with two attached hydrogens (primary N) is 1. The number of esters is 1. The van der Waals surface area contributed by atoms with Crippen LogP contribution in [0.15, 0.2) is 40.9 Å². The molecule has 0 aromatic heterocycles. The Balaban J connectivity index is 2.10. The zero-order valence-electron chi connectivity index (χ0n) is 13.0. The number of hydrogen-bond acceptors (Lipinski definition) is 5. The van der Waals surface area contributed by atoms with E-state index >= 15 is 0 Å². The van der Waals surface area contributed by atoms with Crippen LogP contribution in [0.2, 0.25) is 0 Å². The number of rotatable bonds is 6. The molecule has 7 heteroatoms. The molecule has 0 unspecified atom stereocenters. The molecule has 0 aliphatic rings. The van der Waals surface area contributed by atoms with Crippen LogP contribution in [0.25, 0.3) is 0 Å². The van der Waals surface area contributed by atoms with Crippen molar-refractivity contribution in [2.45, 2.75) is 6.92 Å². The predicted molar refractivity (Wildman–Crippen MR) is 95.4 cm³/mol. The van der Waals surface area contributed by atoms with Crippen LogP contribution in [-0.4, -0.2) is 27.0 Å². The highest BCUT2D eigenvalue weighted by Crippen LogP contribution is 2.31.